The van der Waals surface area contributed by atoms with E-state index in [1.165, 1.54) is 0 Å². The van der Waals surface area contributed by atoms with E-state index in [1.807, 2.05) is 31.2 Å². The van der Waals surface area contributed by atoms with Gasteiger partial charge in [0.1, 0.15) is 12.4 Å². The molecule has 0 bridgehead atoms. The van der Waals surface area contributed by atoms with Crippen LogP contribution >= 0.6 is 15.9 Å². The summed E-state index contributed by atoms with van der Waals surface area (Å²) in [5.41, 5.74) is 2.67. The van der Waals surface area contributed by atoms with Gasteiger partial charge in [0.15, 0.2) is 5.78 Å². The van der Waals surface area contributed by atoms with Crippen LogP contribution in [0.25, 0.3) is 0 Å². The number of carbonyl (C=O) groups is 1. The van der Waals surface area contributed by atoms with E-state index in [4.69, 9.17) is 4.74 Å². The van der Waals surface area contributed by atoms with E-state index in [0.29, 0.717) is 17.5 Å². The third kappa shape index (κ3) is 3.64. The molecule has 1 aromatic carbocycles. The summed E-state index contributed by atoms with van der Waals surface area (Å²) in [4.78, 5) is 15.6. The number of rotatable bonds is 5. The minimum atomic E-state index is 0.0712. The number of nitrogens with zero attached hydrogens (tertiary/aromatic N) is 1. The lowest BCUT2D eigenvalue weighted by Gasteiger charge is -2.10. The maximum atomic E-state index is 11.6. The fourth-order valence-electron chi connectivity index (χ4n) is 1.71. The van der Waals surface area contributed by atoms with Crippen molar-refractivity contribution in [2.75, 3.05) is 5.33 Å². The molecule has 4 heteroatoms. The first-order chi connectivity index (χ1) is 9.20. The van der Waals surface area contributed by atoms with E-state index in [1.54, 1.807) is 18.5 Å². The zero-order valence-corrected chi connectivity index (χ0v) is 12.2. The van der Waals surface area contributed by atoms with Gasteiger partial charge in [-0.05, 0) is 36.8 Å². The normalized spacial score (nSPS) is 10.2. The second-order valence-electron chi connectivity index (χ2n) is 4.19. The van der Waals surface area contributed by atoms with E-state index < -0.39 is 0 Å². The van der Waals surface area contributed by atoms with Gasteiger partial charge in [0.2, 0.25) is 0 Å². The summed E-state index contributed by atoms with van der Waals surface area (Å²) in [6.45, 7) is 2.41. The fraction of sp³-hybridized carbons (Fsp3) is 0.200. The van der Waals surface area contributed by atoms with Crippen molar-refractivity contribution >= 4 is 21.7 Å². The second-order valence-corrected chi connectivity index (χ2v) is 4.75. The molecule has 1 aromatic heterocycles. The number of hydrogen-bond donors (Lipinski definition) is 0. The number of benzene rings is 1. The third-order valence-electron chi connectivity index (χ3n) is 2.74. The van der Waals surface area contributed by atoms with Crippen molar-refractivity contribution in [1.82, 2.24) is 4.98 Å². The molecule has 0 spiro atoms. The van der Waals surface area contributed by atoms with Gasteiger partial charge in [-0.25, -0.2) is 0 Å². The summed E-state index contributed by atoms with van der Waals surface area (Å²) in [5, 5.41) is 0.336. The zero-order chi connectivity index (χ0) is 13.7. The number of carbonyl (C=O) groups excluding carboxylic acids is 1. The minimum Gasteiger partial charge on any atom is -0.489 e. The number of Topliss-reactive ketones (excluding diaryl/α,β-unsaturated/α-hetero) is 1. The molecule has 0 radical (unpaired) electrons. The Morgan fingerprint density at radius 1 is 1.37 bits per heavy atom. The fourth-order valence-corrected chi connectivity index (χ4v) is 2.03. The molecule has 0 N–H and O–H groups in total. The maximum Gasteiger partial charge on any atom is 0.173 e. The van der Waals surface area contributed by atoms with Crippen LogP contribution in [0.15, 0.2) is 42.7 Å². The molecule has 19 heavy (non-hydrogen) atoms. The Morgan fingerprint density at radius 2 is 2.21 bits per heavy atom. The van der Waals surface area contributed by atoms with Gasteiger partial charge in [0, 0.05) is 23.5 Å². The van der Waals surface area contributed by atoms with Crippen LogP contribution < -0.4 is 4.74 Å². The average Bonchev–Trinajstić information content (AvgIpc) is 2.46. The number of pyridine rings is 1. The molecule has 0 saturated carbocycles. The smallest absolute Gasteiger partial charge is 0.173 e. The molecule has 0 aliphatic carbocycles. The van der Waals surface area contributed by atoms with Crippen LogP contribution in [0.4, 0.5) is 0 Å². The van der Waals surface area contributed by atoms with Gasteiger partial charge in [-0.15, -0.1) is 0 Å². The van der Waals surface area contributed by atoms with E-state index in [-0.39, 0.29) is 5.78 Å². The Kier molecular flexibility index (Phi) is 4.68. The van der Waals surface area contributed by atoms with Crippen LogP contribution in [0.1, 0.15) is 21.5 Å². The highest BCUT2D eigenvalue weighted by Gasteiger charge is 2.07. The van der Waals surface area contributed by atoms with Crippen LogP contribution in [0.3, 0.4) is 0 Å². The van der Waals surface area contributed by atoms with Gasteiger partial charge < -0.3 is 4.74 Å². The Balaban J connectivity index is 2.07. The molecule has 1 heterocycles. The molecule has 98 valence electrons. The lowest BCUT2D eigenvalue weighted by atomic mass is 10.1. The molecule has 0 amide bonds. The van der Waals surface area contributed by atoms with Gasteiger partial charge in [0.05, 0.1) is 5.33 Å². The SMILES string of the molecule is Cc1cc(C(=O)CBr)ccc1OCc1cccnc1. The maximum absolute atomic E-state index is 11.6. The quantitative estimate of drug-likeness (QED) is 0.625. The molecule has 2 rings (SSSR count). The standard InChI is InChI=1S/C15H14BrNO2/c1-11-7-13(14(18)8-16)4-5-15(11)19-10-12-3-2-6-17-9-12/h2-7,9H,8,10H2,1H3. The van der Waals surface area contributed by atoms with Crippen molar-refractivity contribution in [1.29, 1.82) is 0 Å². The second kappa shape index (κ2) is 6.48. The van der Waals surface area contributed by atoms with E-state index in [2.05, 4.69) is 20.9 Å². The van der Waals surface area contributed by atoms with Gasteiger partial charge in [-0.1, -0.05) is 22.0 Å². The summed E-state index contributed by atoms with van der Waals surface area (Å²) >= 11 is 3.17. The molecule has 0 unspecified atom stereocenters. The number of alkyl halides is 1. The molecule has 0 fully saturated rings. The van der Waals surface area contributed by atoms with Crippen molar-refractivity contribution in [3.05, 3.63) is 59.4 Å². The molecule has 0 atom stereocenters. The minimum absolute atomic E-state index is 0.0712. The van der Waals surface area contributed by atoms with E-state index >= 15 is 0 Å². The summed E-state index contributed by atoms with van der Waals surface area (Å²) in [7, 11) is 0. The number of ether oxygens (including phenoxy) is 1. The molecular weight excluding hydrogens is 306 g/mol. The van der Waals surface area contributed by atoms with Crippen molar-refractivity contribution in [2.45, 2.75) is 13.5 Å². The molecule has 2 aromatic rings. The van der Waals surface area contributed by atoms with Crippen molar-refractivity contribution in [2.24, 2.45) is 0 Å². The Hall–Kier alpha value is -1.68. The van der Waals surface area contributed by atoms with Crippen molar-refractivity contribution < 1.29 is 9.53 Å². The van der Waals surface area contributed by atoms with Crippen LogP contribution in [-0.2, 0) is 6.61 Å². The Bertz CT molecular complexity index is 570. The Morgan fingerprint density at radius 3 is 2.84 bits per heavy atom. The predicted molar refractivity (Wildman–Crippen MR) is 77.9 cm³/mol. The summed E-state index contributed by atoms with van der Waals surface area (Å²) in [6.07, 6.45) is 3.51. The monoisotopic (exact) mass is 319 g/mol. The first-order valence-corrected chi connectivity index (χ1v) is 7.04. The third-order valence-corrected chi connectivity index (χ3v) is 3.24. The van der Waals surface area contributed by atoms with Crippen LogP contribution in [0.5, 0.6) is 5.75 Å². The summed E-state index contributed by atoms with van der Waals surface area (Å²) in [6, 6.07) is 9.31. The predicted octanol–water partition coefficient (Wildman–Crippen LogP) is 3.55. The molecule has 0 aliphatic heterocycles. The summed E-state index contributed by atoms with van der Waals surface area (Å²) < 4.78 is 5.73. The number of ketones is 1. The highest BCUT2D eigenvalue weighted by molar-refractivity contribution is 9.09. The summed E-state index contributed by atoms with van der Waals surface area (Å²) in [5.74, 6) is 0.858. The van der Waals surface area contributed by atoms with Gasteiger partial charge in [0.25, 0.3) is 0 Å². The van der Waals surface area contributed by atoms with Gasteiger partial charge in [-0.2, -0.15) is 0 Å². The molecule has 0 aliphatic rings. The Labute approximate surface area is 120 Å². The van der Waals surface area contributed by atoms with Crippen LogP contribution in [-0.4, -0.2) is 16.1 Å². The number of aryl methyl sites for hydroxylation is 1. The van der Waals surface area contributed by atoms with Crippen molar-refractivity contribution in [3.63, 3.8) is 0 Å². The highest BCUT2D eigenvalue weighted by Crippen LogP contribution is 2.20. The molecule has 0 saturated heterocycles. The van der Waals surface area contributed by atoms with Gasteiger partial charge >= 0.3 is 0 Å². The van der Waals surface area contributed by atoms with Crippen LogP contribution in [0, 0.1) is 6.92 Å². The lowest BCUT2D eigenvalue weighted by Crippen LogP contribution is -2.02. The van der Waals surface area contributed by atoms with E-state index in [9.17, 15) is 4.79 Å². The average molecular weight is 320 g/mol. The highest BCUT2D eigenvalue weighted by atomic mass is 79.9. The number of halogens is 1. The van der Waals surface area contributed by atoms with E-state index in [0.717, 1.165) is 16.9 Å². The molecular formula is C15H14BrNO2. The first-order valence-electron chi connectivity index (χ1n) is 5.92. The number of hydrogen-bond acceptors (Lipinski definition) is 3. The molecule has 3 nitrogen and oxygen atoms in total. The lowest BCUT2D eigenvalue weighted by molar-refractivity contribution is 0.102. The van der Waals surface area contributed by atoms with Crippen LogP contribution in [0.2, 0.25) is 0 Å². The van der Waals surface area contributed by atoms with Gasteiger partial charge in [-0.3, -0.25) is 9.78 Å². The number of aromatic nitrogens is 1. The van der Waals surface area contributed by atoms with Crippen molar-refractivity contribution in [3.8, 4) is 5.75 Å². The zero-order valence-electron chi connectivity index (χ0n) is 10.6. The first kappa shape index (κ1) is 13.7. The topological polar surface area (TPSA) is 39.2 Å². The largest absolute Gasteiger partial charge is 0.489 e.